The summed E-state index contributed by atoms with van der Waals surface area (Å²) in [5.41, 5.74) is 1.37. The van der Waals surface area contributed by atoms with Crippen LogP contribution >= 0.6 is 0 Å². The molecule has 122 valence electrons. The van der Waals surface area contributed by atoms with Crippen molar-refractivity contribution in [2.45, 2.75) is 69.2 Å². The zero-order valence-electron chi connectivity index (χ0n) is 13.9. The first-order valence-electron chi connectivity index (χ1n) is 9.24. The lowest BCUT2D eigenvalue weighted by Crippen LogP contribution is -2.46. The Hall–Kier alpha value is -1.30. The van der Waals surface area contributed by atoms with E-state index in [-0.39, 0.29) is 0 Å². The number of piperidine rings is 1. The number of rotatable bonds is 5. The molecule has 2 unspecified atom stereocenters. The van der Waals surface area contributed by atoms with Gasteiger partial charge in [-0.15, -0.1) is 6.42 Å². The number of ether oxygens (including phenoxy) is 1. The van der Waals surface area contributed by atoms with Gasteiger partial charge >= 0.3 is 0 Å². The molecule has 0 spiro atoms. The first-order valence-corrected chi connectivity index (χ1v) is 9.24. The summed E-state index contributed by atoms with van der Waals surface area (Å²) in [6.45, 7) is 0.812. The van der Waals surface area contributed by atoms with E-state index < -0.39 is 0 Å². The third kappa shape index (κ3) is 3.05. The minimum atomic E-state index is 0.300. The zero-order valence-corrected chi connectivity index (χ0v) is 13.9. The predicted octanol–water partition coefficient (Wildman–Crippen LogP) is 4.17. The normalized spacial score (nSPS) is 32.2. The molecule has 2 heterocycles. The Labute approximate surface area is 140 Å². The molecule has 1 saturated carbocycles. The molecule has 0 N–H and O–H groups in total. The summed E-state index contributed by atoms with van der Waals surface area (Å²) in [5.74, 6) is 3.56. The molecule has 3 fully saturated rings. The number of benzene rings is 1. The standard InChI is InChI=1S/C21H27NO/c1-2-13-22-18-11-12-19(22)15-20(14-18)23-21(17-9-6-10-17)16-7-4-3-5-8-16/h1,3-5,7-8,17-21H,6,9-15H2/t18-,19+,20?,21?. The second kappa shape index (κ2) is 6.67. The van der Waals surface area contributed by atoms with E-state index in [0.29, 0.717) is 24.3 Å². The molecule has 23 heavy (non-hydrogen) atoms. The van der Waals surface area contributed by atoms with Gasteiger partial charge in [0.05, 0.1) is 18.8 Å². The predicted molar refractivity (Wildman–Crippen MR) is 93.0 cm³/mol. The molecule has 2 saturated heterocycles. The molecule has 1 aliphatic carbocycles. The lowest BCUT2D eigenvalue weighted by atomic mass is 9.78. The topological polar surface area (TPSA) is 12.5 Å². The Kier molecular flexibility index (Phi) is 4.42. The van der Waals surface area contributed by atoms with Crippen molar-refractivity contribution in [3.8, 4) is 12.3 Å². The van der Waals surface area contributed by atoms with Crippen molar-refractivity contribution < 1.29 is 4.74 Å². The molecule has 4 atom stereocenters. The van der Waals surface area contributed by atoms with Crippen LogP contribution in [0.2, 0.25) is 0 Å². The van der Waals surface area contributed by atoms with Gasteiger partial charge in [-0.1, -0.05) is 42.7 Å². The Balaban J connectivity index is 1.45. The fourth-order valence-corrected chi connectivity index (χ4v) is 4.75. The van der Waals surface area contributed by atoms with Crippen LogP contribution < -0.4 is 0 Å². The molecule has 2 heteroatoms. The number of hydrogen-bond acceptors (Lipinski definition) is 2. The fourth-order valence-electron chi connectivity index (χ4n) is 4.75. The molecular weight excluding hydrogens is 282 g/mol. The highest BCUT2D eigenvalue weighted by Crippen LogP contribution is 2.44. The Bertz CT molecular complexity index is 545. The van der Waals surface area contributed by atoms with Crippen molar-refractivity contribution in [2.24, 2.45) is 5.92 Å². The SMILES string of the molecule is C#CCN1[C@@H]2CC[C@H]1CC(OC(c1ccccc1)C1CCC1)C2. The van der Waals surface area contributed by atoms with E-state index in [1.165, 1.54) is 37.7 Å². The van der Waals surface area contributed by atoms with Crippen LogP contribution in [0.5, 0.6) is 0 Å². The zero-order chi connectivity index (χ0) is 15.6. The van der Waals surface area contributed by atoms with Crippen molar-refractivity contribution in [1.29, 1.82) is 0 Å². The number of terminal acetylenes is 1. The van der Waals surface area contributed by atoms with Gasteiger partial charge in [-0.2, -0.15) is 0 Å². The summed E-state index contributed by atoms with van der Waals surface area (Å²) in [6, 6.07) is 12.2. The minimum absolute atomic E-state index is 0.300. The maximum absolute atomic E-state index is 6.71. The third-order valence-electron chi connectivity index (χ3n) is 6.16. The molecular formula is C21H27NO. The summed E-state index contributed by atoms with van der Waals surface area (Å²) < 4.78 is 6.71. The molecule has 3 aliphatic rings. The molecule has 0 aromatic heterocycles. The maximum atomic E-state index is 6.71. The van der Waals surface area contributed by atoms with Gasteiger partial charge in [0.25, 0.3) is 0 Å². The average molecular weight is 309 g/mol. The van der Waals surface area contributed by atoms with Crippen LogP contribution in [-0.2, 0) is 4.74 Å². The summed E-state index contributed by atoms with van der Waals surface area (Å²) in [4.78, 5) is 2.54. The number of nitrogens with zero attached hydrogens (tertiary/aromatic N) is 1. The molecule has 1 aromatic rings. The van der Waals surface area contributed by atoms with E-state index in [1.807, 2.05) is 0 Å². The van der Waals surface area contributed by atoms with Gasteiger partial charge in [-0.25, -0.2) is 0 Å². The second-order valence-corrected chi connectivity index (χ2v) is 7.51. The molecule has 0 amide bonds. The Morgan fingerprint density at radius 3 is 2.35 bits per heavy atom. The van der Waals surface area contributed by atoms with E-state index in [9.17, 15) is 0 Å². The summed E-state index contributed by atoms with van der Waals surface area (Å²) in [6.07, 6.45) is 15.2. The molecule has 2 bridgehead atoms. The lowest BCUT2D eigenvalue weighted by molar-refractivity contribution is -0.0949. The quantitative estimate of drug-likeness (QED) is 0.757. The highest BCUT2D eigenvalue weighted by Gasteiger charge is 2.42. The van der Waals surface area contributed by atoms with E-state index >= 15 is 0 Å². The van der Waals surface area contributed by atoms with Gasteiger partial charge in [-0.3, -0.25) is 4.90 Å². The van der Waals surface area contributed by atoms with E-state index in [1.54, 1.807) is 0 Å². The van der Waals surface area contributed by atoms with Crippen LogP contribution in [-0.4, -0.2) is 29.6 Å². The lowest BCUT2D eigenvalue weighted by Gasteiger charge is -2.42. The number of hydrogen-bond donors (Lipinski definition) is 0. The van der Waals surface area contributed by atoms with E-state index in [4.69, 9.17) is 11.2 Å². The Morgan fingerprint density at radius 2 is 1.78 bits per heavy atom. The van der Waals surface area contributed by atoms with Crippen LogP contribution in [0.4, 0.5) is 0 Å². The minimum Gasteiger partial charge on any atom is -0.370 e. The highest BCUT2D eigenvalue weighted by molar-refractivity contribution is 5.19. The van der Waals surface area contributed by atoms with Crippen molar-refractivity contribution >= 4 is 0 Å². The Morgan fingerprint density at radius 1 is 1.09 bits per heavy atom. The second-order valence-electron chi connectivity index (χ2n) is 7.51. The molecule has 2 nitrogen and oxygen atoms in total. The van der Waals surface area contributed by atoms with Gasteiger partial charge in [-0.05, 0) is 50.0 Å². The highest BCUT2D eigenvalue weighted by atomic mass is 16.5. The van der Waals surface area contributed by atoms with Crippen LogP contribution in [0.15, 0.2) is 30.3 Å². The summed E-state index contributed by atoms with van der Waals surface area (Å²) in [7, 11) is 0. The molecule has 1 aromatic carbocycles. The smallest absolute Gasteiger partial charge is 0.0856 e. The fraction of sp³-hybridized carbons (Fsp3) is 0.619. The van der Waals surface area contributed by atoms with Crippen LogP contribution in [0.3, 0.4) is 0 Å². The number of fused-ring (bicyclic) bond motifs is 2. The average Bonchev–Trinajstić information content (AvgIpc) is 2.77. The van der Waals surface area contributed by atoms with Gasteiger partial charge in [0, 0.05) is 12.1 Å². The summed E-state index contributed by atoms with van der Waals surface area (Å²) in [5, 5.41) is 0. The van der Waals surface area contributed by atoms with Crippen LogP contribution in [0, 0.1) is 18.3 Å². The van der Waals surface area contributed by atoms with E-state index in [2.05, 4.69) is 41.2 Å². The molecule has 0 radical (unpaired) electrons. The van der Waals surface area contributed by atoms with Crippen LogP contribution in [0.25, 0.3) is 0 Å². The first-order chi connectivity index (χ1) is 11.3. The third-order valence-corrected chi connectivity index (χ3v) is 6.16. The monoisotopic (exact) mass is 309 g/mol. The van der Waals surface area contributed by atoms with E-state index in [0.717, 1.165) is 25.3 Å². The van der Waals surface area contributed by atoms with Crippen LogP contribution in [0.1, 0.15) is 56.6 Å². The largest absolute Gasteiger partial charge is 0.370 e. The van der Waals surface area contributed by atoms with Gasteiger partial charge in [0.2, 0.25) is 0 Å². The van der Waals surface area contributed by atoms with Crippen molar-refractivity contribution in [3.05, 3.63) is 35.9 Å². The maximum Gasteiger partial charge on any atom is 0.0856 e. The molecule has 4 rings (SSSR count). The van der Waals surface area contributed by atoms with Gasteiger partial charge < -0.3 is 4.74 Å². The van der Waals surface area contributed by atoms with Crippen molar-refractivity contribution in [1.82, 2.24) is 4.90 Å². The molecule has 2 aliphatic heterocycles. The first kappa shape index (κ1) is 15.2. The van der Waals surface area contributed by atoms with Gasteiger partial charge in [0.15, 0.2) is 0 Å². The van der Waals surface area contributed by atoms with Gasteiger partial charge in [0.1, 0.15) is 0 Å². The summed E-state index contributed by atoms with van der Waals surface area (Å²) >= 11 is 0. The van der Waals surface area contributed by atoms with Crippen molar-refractivity contribution in [2.75, 3.05) is 6.54 Å². The van der Waals surface area contributed by atoms with Crippen molar-refractivity contribution in [3.63, 3.8) is 0 Å².